The summed E-state index contributed by atoms with van der Waals surface area (Å²) in [5.74, 6) is -0.276. The molecule has 7 nitrogen and oxygen atoms in total. The van der Waals surface area contributed by atoms with Crippen molar-refractivity contribution in [3.8, 4) is 0 Å². The predicted molar refractivity (Wildman–Crippen MR) is 64.2 cm³/mol. The van der Waals surface area contributed by atoms with E-state index in [2.05, 4.69) is 20.3 Å². The highest BCUT2D eigenvalue weighted by molar-refractivity contribution is 8.00. The normalized spacial score (nSPS) is 18.6. The molecule has 0 aliphatic carbocycles. The summed E-state index contributed by atoms with van der Waals surface area (Å²) in [7, 11) is 1.38. The van der Waals surface area contributed by atoms with Crippen molar-refractivity contribution in [1.82, 2.24) is 20.2 Å². The summed E-state index contributed by atoms with van der Waals surface area (Å²) in [6, 6.07) is 0.251. The molecule has 1 atom stereocenters. The van der Waals surface area contributed by atoms with Crippen LogP contribution in [0.2, 0.25) is 0 Å². The zero-order valence-corrected chi connectivity index (χ0v) is 11.2. The van der Waals surface area contributed by atoms with Gasteiger partial charge in [0, 0.05) is 13.2 Å². The lowest BCUT2D eigenvalue weighted by Crippen LogP contribution is -2.22. The molecule has 1 aliphatic rings. The van der Waals surface area contributed by atoms with Crippen LogP contribution in [0.25, 0.3) is 0 Å². The molecule has 1 aliphatic heterocycles. The zero-order chi connectivity index (χ0) is 13.0. The number of carbonyl (C=O) groups is 1. The van der Waals surface area contributed by atoms with Gasteiger partial charge in [-0.05, 0) is 30.2 Å². The molecule has 2 rings (SSSR count). The predicted octanol–water partition coefficient (Wildman–Crippen LogP) is 0.678. The molecule has 0 bridgehead atoms. The monoisotopic (exact) mass is 272 g/mol. The molecule has 18 heavy (non-hydrogen) atoms. The Morgan fingerprint density at radius 3 is 2.94 bits per heavy atom. The van der Waals surface area contributed by atoms with Crippen LogP contribution < -0.4 is 0 Å². The van der Waals surface area contributed by atoms with Crippen LogP contribution in [0, 0.1) is 0 Å². The van der Waals surface area contributed by atoms with Crippen molar-refractivity contribution in [3.63, 3.8) is 0 Å². The number of tetrazole rings is 1. The standard InChI is InChI=1S/C10H16N4O3S/c1-7(9(15)16-2)18-10-11-12-13-14(10)8-3-5-17-6-4-8/h7-8H,3-6H2,1-2H3/t7-/m1/s1. The molecule has 8 heteroatoms. The second-order valence-electron chi connectivity index (χ2n) is 4.03. The number of thioether (sulfide) groups is 1. The number of hydrogen-bond donors (Lipinski definition) is 0. The molecule has 1 aromatic rings. The molecule has 0 N–H and O–H groups in total. The van der Waals surface area contributed by atoms with Gasteiger partial charge in [-0.15, -0.1) is 5.10 Å². The summed E-state index contributed by atoms with van der Waals surface area (Å²) in [5.41, 5.74) is 0. The van der Waals surface area contributed by atoms with Crippen molar-refractivity contribution < 1.29 is 14.3 Å². The maximum Gasteiger partial charge on any atom is 0.318 e. The topological polar surface area (TPSA) is 79.1 Å². The Labute approximate surface area is 109 Å². The van der Waals surface area contributed by atoms with Gasteiger partial charge >= 0.3 is 5.97 Å². The van der Waals surface area contributed by atoms with E-state index in [1.165, 1.54) is 18.9 Å². The summed E-state index contributed by atoms with van der Waals surface area (Å²) in [4.78, 5) is 11.4. The Morgan fingerprint density at radius 2 is 2.28 bits per heavy atom. The van der Waals surface area contributed by atoms with E-state index in [0.717, 1.165) is 26.1 Å². The number of nitrogens with zero attached hydrogens (tertiary/aromatic N) is 4. The molecule has 0 spiro atoms. The van der Waals surface area contributed by atoms with Gasteiger partial charge < -0.3 is 9.47 Å². The Kier molecular flexibility index (Phi) is 4.54. The van der Waals surface area contributed by atoms with Crippen LogP contribution in [0.1, 0.15) is 25.8 Å². The van der Waals surface area contributed by atoms with Crippen LogP contribution >= 0.6 is 11.8 Å². The van der Waals surface area contributed by atoms with Crippen LogP contribution in [0.4, 0.5) is 0 Å². The van der Waals surface area contributed by atoms with E-state index in [4.69, 9.17) is 4.74 Å². The first kappa shape index (κ1) is 13.3. The lowest BCUT2D eigenvalue weighted by molar-refractivity contribution is -0.139. The average Bonchev–Trinajstić information content (AvgIpc) is 2.86. The van der Waals surface area contributed by atoms with Gasteiger partial charge in [-0.25, -0.2) is 4.68 Å². The maximum atomic E-state index is 11.4. The van der Waals surface area contributed by atoms with Crippen molar-refractivity contribution in [2.75, 3.05) is 20.3 Å². The van der Waals surface area contributed by atoms with Crippen LogP contribution in [0.3, 0.4) is 0 Å². The molecular formula is C10H16N4O3S. The van der Waals surface area contributed by atoms with Crippen molar-refractivity contribution in [1.29, 1.82) is 0 Å². The fourth-order valence-corrected chi connectivity index (χ4v) is 2.68. The molecule has 0 aromatic carbocycles. The van der Waals surface area contributed by atoms with Crippen LogP contribution in [0.5, 0.6) is 0 Å². The summed E-state index contributed by atoms with van der Waals surface area (Å²) in [5, 5.41) is 12.0. The molecule has 1 saturated heterocycles. The molecule has 1 fully saturated rings. The summed E-state index contributed by atoms with van der Waals surface area (Å²) >= 11 is 1.31. The number of methoxy groups -OCH3 is 1. The zero-order valence-electron chi connectivity index (χ0n) is 10.4. The van der Waals surface area contributed by atoms with E-state index in [0.29, 0.717) is 5.16 Å². The van der Waals surface area contributed by atoms with Crippen LogP contribution in [-0.2, 0) is 14.3 Å². The summed E-state index contributed by atoms with van der Waals surface area (Å²) < 4.78 is 11.8. The fourth-order valence-electron chi connectivity index (χ4n) is 1.79. The lowest BCUT2D eigenvalue weighted by atomic mass is 10.1. The van der Waals surface area contributed by atoms with Crippen molar-refractivity contribution >= 4 is 17.7 Å². The molecule has 1 aromatic heterocycles. The lowest BCUT2D eigenvalue weighted by Gasteiger charge is -2.22. The molecule has 0 amide bonds. The van der Waals surface area contributed by atoms with Crippen molar-refractivity contribution in [2.24, 2.45) is 0 Å². The molecule has 100 valence electrons. The molecule has 0 radical (unpaired) electrons. The third-order valence-corrected chi connectivity index (χ3v) is 3.84. The first-order valence-electron chi connectivity index (χ1n) is 5.82. The van der Waals surface area contributed by atoms with Crippen molar-refractivity contribution in [3.05, 3.63) is 0 Å². The Hall–Kier alpha value is -1.15. The molecule has 0 unspecified atom stereocenters. The number of aromatic nitrogens is 4. The number of esters is 1. The minimum Gasteiger partial charge on any atom is -0.468 e. The highest BCUT2D eigenvalue weighted by Crippen LogP contribution is 2.27. The van der Waals surface area contributed by atoms with Gasteiger partial charge in [0.25, 0.3) is 0 Å². The van der Waals surface area contributed by atoms with E-state index >= 15 is 0 Å². The largest absolute Gasteiger partial charge is 0.468 e. The number of hydrogen-bond acceptors (Lipinski definition) is 7. The minimum atomic E-state index is -0.320. The Balaban J connectivity index is 2.05. The fraction of sp³-hybridized carbons (Fsp3) is 0.800. The van der Waals surface area contributed by atoms with E-state index in [1.807, 2.05) is 0 Å². The molecular weight excluding hydrogens is 256 g/mol. The summed E-state index contributed by atoms with van der Waals surface area (Å²) in [6.07, 6.45) is 1.79. The second-order valence-corrected chi connectivity index (χ2v) is 5.34. The van der Waals surface area contributed by atoms with E-state index < -0.39 is 0 Å². The first-order valence-corrected chi connectivity index (χ1v) is 6.70. The SMILES string of the molecule is COC(=O)[C@@H](C)Sc1nnnn1C1CCOCC1. The van der Waals surface area contributed by atoms with Gasteiger partial charge in [0.2, 0.25) is 5.16 Å². The van der Waals surface area contributed by atoms with Gasteiger partial charge in [0.1, 0.15) is 5.25 Å². The Morgan fingerprint density at radius 1 is 1.56 bits per heavy atom. The molecule has 0 saturated carbocycles. The van der Waals surface area contributed by atoms with E-state index in [1.54, 1.807) is 11.6 Å². The van der Waals surface area contributed by atoms with Gasteiger partial charge in [-0.2, -0.15) is 0 Å². The van der Waals surface area contributed by atoms with E-state index in [9.17, 15) is 4.79 Å². The first-order chi connectivity index (χ1) is 8.72. The third kappa shape index (κ3) is 2.99. The highest BCUT2D eigenvalue weighted by atomic mass is 32.2. The number of rotatable bonds is 4. The third-order valence-electron chi connectivity index (χ3n) is 2.81. The van der Waals surface area contributed by atoms with Gasteiger partial charge in [0.05, 0.1) is 13.2 Å². The Bertz CT molecular complexity index is 406. The van der Waals surface area contributed by atoms with Crippen molar-refractivity contribution in [2.45, 2.75) is 36.2 Å². The number of ether oxygens (including phenoxy) is 2. The van der Waals surface area contributed by atoms with Crippen LogP contribution in [0.15, 0.2) is 5.16 Å². The van der Waals surface area contributed by atoms with Crippen LogP contribution in [-0.4, -0.2) is 51.8 Å². The van der Waals surface area contributed by atoms with E-state index in [-0.39, 0.29) is 17.3 Å². The number of carbonyl (C=O) groups excluding carboxylic acids is 1. The minimum absolute atomic E-state index is 0.251. The maximum absolute atomic E-state index is 11.4. The summed E-state index contributed by atoms with van der Waals surface area (Å²) in [6.45, 7) is 3.22. The molecule has 2 heterocycles. The van der Waals surface area contributed by atoms with Gasteiger partial charge in [0.15, 0.2) is 0 Å². The van der Waals surface area contributed by atoms with Gasteiger partial charge in [-0.1, -0.05) is 11.8 Å². The average molecular weight is 272 g/mol. The van der Waals surface area contributed by atoms with Gasteiger partial charge in [-0.3, -0.25) is 4.79 Å². The second kappa shape index (κ2) is 6.14. The smallest absolute Gasteiger partial charge is 0.318 e. The quantitative estimate of drug-likeness (QED) is 0.589. The highest BCUT2D eigenvalue weighted by Gasteiger charge is 2.24.